The summed E-state index contributed by atoms with van der Waals surface area (Å²) in [5.41, 5.74) is 2.52. The molecule has 4 heteroatoms. The number of morpholine rings is 1. The van der Waals surface area contributed by atoms with Gasteiger partial charge in [-0.25, -0.2) is 0 Å². The molecule has 1 aliphatic heterocycles. The molecule has 1 aliphatic carbocycles. The van der Waals surface area contributed by atoms with Crippen molar-refractivity contribution in [2.75, 3.05) is 13.1 Å². The number of hydrogen-bond donors (Lipinski definition) is 1. The number of benzene rings is 1. The monoisotopic (exact) mass is 342 g/mol. The Kier molecular flexibility index (Phi) is 6.27. The van der Waals surface area contributed by atoms with Gasteiger partial charge >= 0.3 is 0 Å². The smallest absolute Gasteiger partial charge is 0.223 e. The average Bonchev–Trinajstić information content (AvgIpc) is 2.60. The van der Waals surface area contributed by atoms with Crippen LogP contribution in [0.3, 0.4) is 0 Å². The van der Waals surface area contributed by atoms with Gasteiger partial charge in [0.05, 0.1) is 12.2 Å². The van der Waals surface area contributed by atoms with E-state index < -0.39 is 0 Å². The predicted molar refractivity (Wildman–Crippen MR) is 100 cm³/mol. The van der Waals surface area contributed by atoms with Crippen LogP contribution in [0.25, 0.3) is 0 Å². The molecule has 1 amide bonds. The van der Waals surface area contributed by atoms with Crippen molar-refractivity contribution >= 4 is 5.91 Å². The summed E-state index contributed by atoms with van der Waals surface area (Å²) in [5, 5.41) is 3.15. The Morgan fingerprint density at radius 1 is 1.16 bits per heavy atom. The molecule has 4 nitrogen and oxygen atoms in total. The second-order valence-electron chi connectivity index (χ2n) is 7.42. The summed E-state index contributed by atoms with van der Waals surface area (Å²) < 4.78 is 5.83. The van der Waals surface area contributed by atoms with E-state index in [2.05, 4.69) is 60.5 Å². The van der Waals surface area contributed by atoms with E-state index in [0.29, 0.717) is 6.54 Å². The highest BCUT2D eigenvalue weighted by molar-refractivity contribution is 5.79. The molecule has 136 valence electrons. The Morgan fingerprint density at radius 3 is 2.56 bits per heavy atom. The summed E-state index contributed by atoms with van der Waals surface area (Å²) in [7, 11) is 0. The lowest BCUT2D eigenvalue weighted by Gasteiger charge is -2.35. The zero-order valence-electron chi connectivity index (χ0n) is 15.4. The van der Waals surface area contributed by atoms with Gasteiger partial charge in [-0.3, -0.25) is 9.69 Å². The minimum absolute atomic E-state index is 0.137. The summed E-state index contributed by atoms with van der Waals surface area (Å²) in [5.74, 6) is 0.325. The fourth-order valence-corrected chi connectivity index (χ4v) is 3.90. The lowest BCUT2D eigenvalue weighted by Crippen LogP contribution is -2.45. The van der Waals surface area contributed by atoms with E-state index >= 15 is 0 Å². The fraction of sp³-hybridized carbons (Fsp3) is 0.571. The summed E-state index contributed by atoms with van der Waals surface area (Å²) in [6, 6.07) is 8.44. The maximum absolute atomic E-state index is 12.4. The number of nitrogens with zero attached hydrogens (tertiary/aromatic N) is 1. The van der Waals surface area contributed by atoms with E-state index in [1.54, 1.807) is 0 Å². The first-order chi connectivity index (χ1) is 12.1. The number of carbonyl (C=O) groups excluding carboxylic acids is 1. The molecule has 3 atom stereocenters. The summed E-state index contributed by atoms with van der Waals surface area (Å²) in [6.07, 6.45) is 7.70. The normalized spacial score (nSPS) is 27.2. The van der Waals surface area contributed by atoms with Crippen LogP contribution in [0.1, 0.15) is 44.2 Å². The molecular formula is C21H30N2O2. The Bertz CT molecular complexity index is 604. The van der Waals surface area contributed by atoms with Crippen LogP contribution in [0.4, 0.5) is 0 Å². The molecular weight excluding hydrogens is 312 g/mol. The van der Waals surface area contributed by atoms with Crippen LogP contribution >= 0.6 is 0 Å². The van der Waals surface area contributed by atoms with E-state index in [0.717, 1.165) is 38.9 Å². The summed E-state index contributed by atoms with van der Waals surface area (Å²) in [4.78, 5) is 14.8. The van der Waals surface area contributed by atoms with Crippen LogP contribution < -0.4 is 5.32 Å². The first-order valence-electron chi connectivity index (χ1n) is 9.49. The molecule has 1 saturated heterocycles. The second kappa shape index (κ2) is 8.63. The Hall–Kier alpha value is -1.65. The van der Waals surface area contributed by atoms with Crippen molar-refractivity contribution in [3.05, 3.63) is 47.5 Å². The van der Waals surface area contributed by atoms with E-state index in [4.69, 9.17) is 4.74 Å². The van der Waals surface area contributed by atoms with Crippen LogP contribution in [0.15, 0.2) is 36.4 Å². The number of allylic oxidation sites excluding steroid dienone is 2. The van der Waals surface area contributed by atoms with Gasteiger partial charge in [0.25, 0.3) is 0 Å². The fourth-order valence-electron chi connectivity index (χ4n) is 3.90. The van der Waals surface area contributed by atoms with Crippen molar-refractivity contribution in [2.24, 2.45) is 5.92 Å². The lowest BCUT2D eigenvalue weighted by atomic mass is 9.93. The van der Waals surface area contributed by atoms with E-state index in [1.807, 2.05) is 0 Å². The quantitative estimate of drug-likeness (QED) is 0.835. The number of hydrogen-bond acceptors (Lipinski definition) is 3. The molecule has 3 rings (SSSR count). The zero-order chi connectivity index (χ0) is 17.6. The van der Waals surface area contributed by atoms with Crippen LogP contribution in [0.5, 0.6) is 0 Å². The molecule has 2 aliphatic rings. The van der Waals surface area contributed by atoms with Crippen molar-refractivity contribution in [1.82, 2.24) is 10.2 Å². The lowest BCUT2D eigenvalue weighted by molar-refractivity contribution is -0.125. The Balaban J connectivity index is 1.58. The number of rotatable bonds is 5. The first kappa shape index (κ1) is 18.2. The minimum atomic E-state index is 0.137. The van der Waals surface area contributed by atoms with Gasteiger partial charge in [0.15, 0.2) is 0 Å². The van der Waals surface area contributed by atoms with Crippen LogP contribution in [0, 0.1) is 5.92 Å². The number of amides is 1. The minimum Gasteiger partial charge on any atom is -0.373 e. The largest absolute Gasteiger partial charge is 0.373 e. The molecule has 1 fully saturated rings. The second-order valence-corrected chi connectivity index (χ2v) is 7.42. The number of carbonyl (C=O) groups is 1. The molecule has 1 aromatic rings. The highest BCUT2D eigenvalue weighted by Crippen LogP contribution is 2.19. The molecule has 1 aromatic carbocycles. The van der Waals surface area contributed by atoms with Gasteiger partial charge in [-0.1, -0.05) is 36.4 Å². The molecule has 0 radical (unpaired) electrons. The third-order valence-electron chi connectivity index (χ3n) is 5.10. The molecule has 0 spiro atoms. The van der Waals surface area contributed by atoms with Gasteiger partial charge in [0, 0.05) is 32.1 Å². The van der Waals surface area contributed by atoms with Crippen LogP contribution in [-0.2, 0) is 22.6 Å². The van der Waals surface area contributed by atoms with Crippen molar-refractivity contribution in [3.63, 3.8) is 0 Å². The maximum Gasteiger partial charge on any atom is 0.223 e. The van der Waals surface area contributed by atoms with Gasteiger partial charge in [0.1, 0.15) is 0 Å². The zero-order valence-corrected chi connectivity index (χ0v) is 15.4. The van der Waals surface area contributed by atoms with Gasteiger partial charge < -0.3 is 10.1 Å². The highest BCUT2D eigenvalue weighted by Gasteiger charge is 2.23. The standard InChI is InChI=1S/C21H30N2O2/c1-16-13-23(14-17(2)25-16)15-20-11-7-6-10-19(20)12-22-21(24)18-8-4-3-5-9-18/h3-4,6-7,10-11,16-18H,5,8-9,12-15H2,1-2H3,(H,22,24)/t16-,17+,18-/m0/s1. The SMILES string of the molecule is C[C@@H]1CN(Cc2ccccc2CNC(=O)[C@H]2CC=CCC2)C[C@H](C)O1. The molecule has 25 heavy (non-hydrogen) atoms. The van der Waals surface area contributed by atoms with Gasteiger partial charge in [-0.05, 0) is 44.2 Å². The van der Waals surface area contributed by atoms with E-state index in [1.165, 1.54) is 11.1 Å². The van der Waals surface area contributed by atoms with Crippen molar-refractivity contribution in [3.8, 4) is 0 Å². The Morgan fingerprint density at radius 2 is 1.88 bits per heavy atom. The van der Waals surface area contributed by atoms with Crippen molar-refractivity contribution in [2.45, 2.75) is 58.4 Å². The average molecular weight is 342 g/mol. The number of nitrogens with one attached hydrogen (secondary N) is 1. The summed E-state index contributed by atoms with van der Waals surface area (Å²) in [6.45, 7) is 7.71. The molecule has 1 heterocycles. The van der Waals surface area contributed by atoms with Gasteiger partial charge in [0.2, 0.25) is 5.91 Å². The third kappa shape index (κ3) is 5.16. The summed E-state index contributed by atoms with van der Waals surface area (Å²) >= 11 is 0. The van der Waals surface area contributed by atoms with Crippen LogP contribution in [0.2, 0.25) is 0 Å². The molecule has 0 saturated carbocycles. The molecule has 0 aromatic heterocycles. The Labute approximate surface area is 151 Å². The topological polar surface area (TPSA) is 41.6 Å². The van der Waals surface area contributed by atoms with Gasteiger partial charge in [-0.2, -0.15) is 0 Å². The number of ether oxygens (including phenoxy) is 1. The van der Waals surface area contributed by atoms with E-state index in [9.17, 15) is 4.79 Å². The molecule has 0 bridgehead atoms. The van der Waals surface area contributed by atoms with Gasteiger partial charge in [-0.15, -0.1) is 0 Å². The van der Waals surface area contributed by atoms with Crippen LogP contribution in [-0.4, -0.2) is 36.1 Å². The van der Waals surface area contributed by atoms with E-state index in [-0.39, 0.29) is 24.0 Å². The predicted octanol–water partition coefficient (Wildman–Crippen LogP) is 3.27. The molecule has 0 unspecified atom stereocenters. The highest BCUT2D eigenvalue weighted by atomic mass is 16.5. The van der Waals surface area contributed by atoms with Crippen molar-refractivity contribution in [1.29, 1.82) is 0 Å². The maximum atomic E-state index is 12.4. The molecule has 1 N–H and O–H groups in total. The first-order valence-corrected chi connectivity index (χ1v) is 9.49. The van der Waals surface area contributed by atoms with Crippen molar-refractivity contribution < 1.29 is 9.53 Å². The third-order valence-corrected chi connectivity index (χ3v) is 5.10.